The highest BCUT2D eigenvalue weighted by atomic mass is 35.5. The Kier molecular flexibility index (Phi) is 4.40. The third-order valence-corrected chi connectivity index (χ3v) is 4.43. The number of rotatable bonds is 4. The Hall–Kier alpha value is -1.60. The van der Waals surface area contributed by atoms with E-state index >= 15 is 0 Å². The molecule has 0 unspecified atom stereocenters. The minimum Gasteiger partial charge on any atom is -0.312 e. The van der Waals surface area contributed by atoms with E-state index in [0.717, 1.165) is 30.0 Å². The lowest BCUT2D eigenvalue weighted by Gasteiger charge is -2.22. The molecule has 0 radical (unpaired) electrons. The lowest BCUT2D eigenvalue weighted by molar-refractivity contribution is 0.415. The van der Waals surface area contributed by atoms with E-state index < -0.39 is 0 Å². The molecule has 3 rings (SSSR count). The topological polar surface area (TPSA) is 54.5 Å². The molecule has 0 aliphatic heterocycles. The van der Waals surface area contributed by atoms with Crippen LogP contribution in [0.4, 0.5) is 0 Å². The van der Waals surface area contributed by atoms with Crippen LogP contribution in [0.25, 0.3) is 11.2 Å². The molecule has 4 nitrogen and oxygen atoms in total. The molecule has 1 aliphatic carbocycles. The second-order valence-electron chi connectivity index (χ2n) is 5.71. The van der Waals surface area contributed by atoms with Crippen molar-refractivity contribution >= 4 is 22.8 Å². The van der Waals surface area contributed by atoms with Crippen molar-refractivity contribution in [3.8, 4) is 6.07 Å². The average molecular weight is 303 g/mol. The molecule has 0 amide bonds. The SMILES string of the molecule is N#CCCCn1c(C2CCCCC2)nc2cc(Cl)cnc21. The van der Waals surface area contributed by atoms with Crippen LogP contribution in [0, 0.1) is 11.3 Å². The van der Waals surface area contributed by atoms with Gasteiger partial charge in [0, 0.05) is 25.1 Å². The number of unbranched alkanes of at least 4 members (excludes halogenated alkanes) is 1. The number of fused-ring (bicyclic) bond motifs is 1. The molecule has 2 aromatic rings. The molecule has 5 heteroatoms. The van der Waals surface area contributed by atoms with Crippen molar-refractivity contribution in [2.24, 2.45) is 0 Å². The summed E-state index contributed by atoms with van der Waals surface area (Å²) in [5, 5.41) is 9.38. The number of imidazole rings is 1. The minimum atomic E-state index is 0.522. The van der Waals surface area contributed by atoms with Crippen molar-refractivity contribution in [1.82, 2.24) is 14.5 Å². The summed E-state index contributed by atoms with van der Waals surface area (Å²) in [5.74, 6) is 1.66. The molecular formula is C16H19ClN4. The molecule has 0 N–H and O–H groups in total. The van der Waals surface area contributed by atoms with Gasteiger partial charge >= 0.3 is 0 Å². The van der Waals surface area contributed by atoms with Gasteiger partial charge in [-0.3, -0.25) is 0 Å². The summed E-state index contributed by atoms with van der Waals surface area (Å²) < 4.78 is 2.21. The predicted octanol–water partition coefficient (Wildman–Crippen LogP) is 4.44. The van der Waals surface area contributed by atoms with Crippen LogP contribution in [-0.4, -0.2) is 14.5 Å². The summed E-state index contributed by atoms with van der Waals surface area (Å²) in [6.45, 7) is 0.810. The average Bonchev–Trinajstić information content (AvgIpc) is 2.86. The number of hydrogen-bond donors (Lipinski definition) is 0. The molecule has 110 valence electrons. The van der Waals surface area contributed by atoms with Crippen molar-refractivity contribution in [3.05, 3.63) is 23.1 Å². The van der Waals surface area contributed by atoms with Gasteiger partial charge < -0.3 is 4.57 Å². The smallest absolute Gasteiger partial charge is 0.160 e. The zero-order valence-electron chi connectivity index (χ0n) is 12.1. The van der Waals surface area contributed by atoms with Crippen molar-refractivity contribution in [3.63, 3.8) is 0 Å². The summed E-state index contributed by atoms with van der Waals surface area (Å²) in [6, 6.07) is 4.10. The first kappa shape index (κ1) is 14.3. The van der Waals surface area contributed by atoms with Gasteiger partial charge in [-0.1, -0.05) is 30.9 Å². The van der Waals surface area contributed by atoms with E-state index in [1.807, 2.05) is 6.07 Å². The highest BCUT2D eigenvalue weighted by Gasteiger charge is 2.22. The van der Waals surface area contributed by atoms with E-state index in [4.69, 9.17) is 21.8 Å². The molecule has 1 fully saturated rings. The number of nitriles is 1. The second-order valence-corrected chi connectivity index (χ2v) is 6.15. The zero-order chi connectivity index (χ0) is 14.7. The lowest BCUT2D eigenvalue weighted by atomic mass is 9.88. The van der Waals surface area contributed by atoms with Gasteiger partial charge in [-0.15, -0.1) is 0 Å². The third kappa shape index (κ3) is 3.03. The summed E-state index contributed by atoms with van der Waals surface area (Å²) in [5.41, 5.74) is 1.78. The van der Waals surface area contributed by atoms with E-state index in [1.54, 1.807) is 6.20 Å². The van der Waals surface area contributed by atoms with E-state index in [-0.39, 0.29) is 0 Å². The van der Waals surface area contributed by atoms with Crippen LogP contribution < -0.4 is 0 Å². The van der Waals surface area contributed by atoms with Crippen LogP contribution in [0.1, 0.15) is 56.7 Å². The number of pyridine rings is 1. The van der Waals surface area contributed by atoms with Crippen molar-refractivity contribution in [1.29, 1.82) is 5.26 Å². The first-order valence-electron chi connectivity index (χ1n) is 7.68. The standard InChI is InChI=1S/C16H19ClN4/c17-13-10-14-16(19-11-13)21(9-5-4-8-18)15(20-14)12-6-2-1-3-7-12/h10-12H,1-7,9H2. The monoisotopic (exact) mass is 302 g/mol. The summed E-state index contributed by atoms with van der Waals surface area (Å²) >= 11 is 6.04. The molecule has 21 heavy (non-hydrogen) atoms. The van der Waals surface area contributed by atoms with Crippen LogP contribution in [0.2, 0.25) is 5.02 Å². The van der Waals surface area contributed by atoms with E-state index in [1.165, 1.54) is 32.1 Å². The summed E-state index contributed by atoms with van der Waals surface area (Å²) in [7, 11) is 0. The molecule has 0 spiro atoms. The quantitative estimate of drug-likeness (QED) is 0.785. The van der Waals surface area contributed by atoms with Crippen LogP contribution >= 0.6 is 11.6 Å². The first-order valence-corrected chi connectivity index (χ1v) is 8.06. The maximum absolute atomic E-state index is 8.75. The van der Waals surface area contributed by atoms with Crippen molar-refractivity contribution in [2.75, 3.05) is 0 Å². The second kappa shape index (κ2) is 6.44. The van der Waals surface area contributed by atoms with Gasteiger partial charge in [-0.05, 0) is 25.3 Å². The number of aromatic nitrogens is 3. The maximum Gasteiger partial charge on any atom is 0.160 e. The Labute approximate surface area is 129 Å². The molecule has 2 aromatic heterocycles. The van der Waals surface area contributed by atoms with Crippen LogP contribution in [0.5, 0.6) is 0 Å². The highest BCUT2D eigenvalue weighted by molar-refractivity contribution is 6.31. The van der Waals surface area contributed by atoms with Gasteiger partial charge in [-0.2, -0.15) is 5.26 Å². The van der Waals surface area contributed by atoms with Crippen molar-refractivity contribution in [2.45, 2.75) is 57.4 Å². The molecule has 0 atom stereocenters. The summed E-state index contributed by atoms with van der Waals surface area (Å²) in [6.07, 6.45) is 9.38. The van der Waals surface area contributed by atoms with E-state index in [0.29, 0.717) is 17.4 Å². The Bertz CT molecular complexity index is 665. The van der Waals surface area contributed by atoms with Gasteiger partial charge in [0.1, 0.15) is 11.3 Å². The molecule has 0 saturated heterocycles. The molecule has 2 heterocycles. The Morgan fingerprint density at radius 1 is 1.33 bits per heavy atom. The van der Waals surface area contributed by atoms with Crippen LogP contribution in [-0.2, 0) is 6.54 Å². The number of aryl methyl sites for hydroxylation is 1. The van der Waals surface area contributed by atoms with Crippen molar-refractivity contribution < 1.29 is 0 Å². The zero-order valence-corrected chi connectivity index (χ0v) is 12.8. The first-order chi connectivity index (χ1) is 10.3. The molecule has 0 bridgehead atoms. The van der Waals surface area contributed by atoms with Gasteiger partial charge in [0.25, 0.3) is 0 Å². The predicted molar refractivity (Wildman–Crippen MR) is 83.2 cm³/mol. The largest absolute Gasteiger partial charge is 0.312 e. The maximum atomic E-state index is 8.75. The number of nitrogens with zero attached hydrogens (tertiary/aromatic N) is 4. The number of hydrogen-bond acceptors (Lipinski definition) is 3. The van der Waals surface area contributed by atoms with Gasteiger partial charge in [0.2, 0.25) is 0 Å². The third-order valence-electron chi connectivity index (χ3n) is 4.22. The minimum absolute atomic E-state index is 0.522. The Morgan fingerprint density at radius 2 is 2.14 bits per heavy atom. The molecule has 1 saturated carbocycles. The van der Waals surface area contributed by atoms with E-state index in [2.05, 4.69) is 15.6 Å². The highest BCUT2D eigenvalue weighted by Crippen LogP contribution is 2.34. The lowest BCUT2D eigenvalue weighted by Crippen LogP contribution is -2.12. The fourth-order valence-corrected chi connectivity index (χ4v) is 3.37. The Balaban J connectivity index is 1.99. The summed E-state index contributed by atoms with van der Waals surface area (Å²) in [4.78, 5) is 9.27. The van der Waals surface area contributed by atoms with Crippen LogP contribution in [0.3, 0.4) is 0 Å². The Morgan fingerprint density at radius 3 is 2.90 bits per heavy atom. The van der Waals surface area contributed by atoms with E-state index in [9.17, 15) is 0 Å². The van der Waals surface area contributed by atoms with Gasteiger partial charge in [-0.25, -0.2) is 9.97 Å². The fourth-order valence-electron chi connectivity index (χ4n) is 3.21. The molecule has 1 aliphatic rings. The normalized spacial score (nSPS) is 16.2. The number of halogens is 1. The van der Waals surface area contributed by atoms with Gasteiger partial charge in [0.05, 0.1) is 11.1 Å². The molecule has 0 aromatic carbocycles. The van der Waals surface area contributed by atoms with Crippen LogP contribution in [0.15, 0.2) is 12.3 Å². The molecular weight excluding hydrogens is 284 g/mol. The fraction of sp³-hybridized carbons (Fsp3) is 0.562. The van der Waals surface area contributed by atoms with Gasteiger partial charge in [0.15, 0.2) is 5.65 Å².